The maximum absolute atomic E-state index is 13.1. The van der Waals surface area contributed by atoms with Crippen molar-refractivity contribution in [2.45, 2.75) is 32.2 Å². The minimum absolute atomic E-state index is 0.132. The highest BCUT2D eigenvalue weighted by Crippen LogP contribution is 2.35. The molecule has 0 spiro atoms. The molecule has 0 bridgehead atoms. The molecule has 0 aliphatic heterocycles. The van der Waals surface area contributed by atoms with Gasteiger partial charge in [-0.25, -0.2) is 9.48 Å². The molecule has 1 fully saturated rings. The summed E-state index contributed by atoms with van der Waals surface area (Å²) in [6.07, 6.45) is 3.85. The molecule has 1 N–H and O–H groups in total. The lowest BCUT2D eigenvalue weighted by Gasteiger charge is -2.28. The number of nitrogens with zero attached hydrogens (tertiary/aromatic N) is 2. The minimum Gasteiger partial charge on any atom is -0.496 e. The van der Waals surface area contributed by atoms with E-state index in [4.69, 9.17) is 19.7 Å². The zero-order valence-electron chi connectivity index (χ0n) is 19.4. The minimum atomic E-state index is -0.940. The number of methoxy groups -OCH3 is 1. The van der Waals surface area contributed by atoms with Crippen LogP contribution in [-0.4, -0.2) is 41.2 Å². The van der Waals surface area contributed by atoms with Crippen molar-refractivity contribution in [2.24, 2.45) is 11.8 Å². The summed E-state index contributed by atoms with van der Waals surface area (Å²) < 4.78 is 12.4. The molecule has 7 nitrogen and oxygen atoms in total. The molecule has 3 aromatic rings. The first-order chi connectivity index (χ1) is 16.5. The number of benzene rings is 2. The standard InChI is InChI=1S/C27H30N2O5/c1-33-24-10-6-5-9-22(24)23-15-25(30)29(28-27(23)21-7-3-2-4-8-21)16-19-11-13-20(14-12-19)17-34-18-26(31)32/h2-10,15,19-20H,11-14,16-18H2,1H3,(H,31,32). The zero-order valence-corrected chi connectivity index (χ0v) is 19.4. The van der Waals surface area contributed by atoms with Crippen molar-refractivity contribution in [1.29, 1.82) is 0 Å². The number of rotatable bonds is 9. The van der Waals surface area contributed by atoms with Crippen molar-refractivity contribution in [3.63, 3.8) is 0 Å². The number of hydrogen-bond donors (Lipinski definition) is 1. The van der Waals surface area contributed by atoms with E-state index in [-0.39, 0.29) is 12.2 Å². The lowest BCUT2D eigenvalue weighted by molar-refractivity contribution is -0.142. The molecule has 4 rings (SSSR count). The lowest BCUT2D eigenvalue weighted by Crippen LogP contribution is -2.29. The second-order valence-electron chi connectivity index (χ2n) is 8.79. The third-order valence-electron chi connectivity index (χ3n) is 6.42. The highest BCUT2D eigenvalue weighted by Gasteiger charge is 2.23. The largest absolute Gasteiger partial charge is 0.496 e. The molecule has 1 saturated carbocycles. The summed E-state index contributed by atoms with van der Waals surface area (Å²) in [4.78, 5) is 23.8. The summed E-state index contributed by atoms with van der Waals surface area (Å²) in [6.45, 7) is 0.788. The summed E-state index contributed by atoms with van der Waals surface area (Å²) in [5, 5.41) is 13.6. The van der Waals surface area contributed by atoms with Crippen molar-refractivity contribution < 1.29 is 19.4 Å². The first kappa shape index (κ1) is 23.7. The summed E-state index contributed by atoms with van der Waals surface area (Å²) >= 11 is 0. The zero-order chi connectivity index (χ0) is 23.9. The van der Waals surface area contributed by atoms with Gasteiger partial charge in [-0.2, -0.15) is 5.10 Å². The van der Waals surface area contributed by atoms with Crippen LogP contribution in [0.15, 0.2) is 65.5 Å². The van der Waals surface area contributed by atoms with Crippen LogP contribution in [0, 0.1) is 11.8 Å². The Labute approximate surface area is 199 Å². The fourth-order valence-electron chi connectivity index (χ4n) is 4.64. The van der Waals surface area contributed by atoms with Crippen LogP contribution in [0.25, 0.3) is 22.4 Å². The fraction of sp³-hybridized carbons (Fsp3) is 0.370. The molecule has 0 amide bonds. The average Bonchev–Trinajstić information content (AvgIpc) is 2.86. The molecule has 0 atom stereocenters. The molecule has 178 valence electrons. The van der Waals surface area contributed by atoms with Gasteiger partial charge in [0.15, 0.2) is 0 Å². The lowest BCUT2D eigenvalue weighted by atomic mass is 9.82. The maximum atomic E-state index is 13.1. The van der Waals surface area contributed by atoms with Crippen LogP contribution in [-0.2, 0) is 16.1 Å². The van der Waals surface area contributed by atoms with Crippen molar-refractivity contribution in [1.82, 2.24) is 9.78 Å². The van der Waals surface area contributed by atoms with Gasteiger partial charge >= 0.3 is 5.97 Å². The van der Waals surface area contributed by atoms with E-state index in [9.17, 15) is 9.59 Å². The van der Waals surface area contributed by atoms with E-state index in [1.54, 1.807) is 17.9 Å². The van der Waals surface area contributed by atoms with Gasteiger partial charge < -0.3 is 14.6 Å². The topological polar surface area (TPSA) is 90.7 Å². The van der Waals surface area contributed by atoms with Crippen LogP contribution in [0.4, 0.5) is 0 Å². The van der Waals surface area contributed by atoms with Gasteiger partial charge in [-0.05, 0) is 43.6 Å². The number of aromatic nitrogens is 2. The number of carbonyl (C=O) groups is 1. The fourth-order valence-corrected chi connectivity index (χ4v) is 4.64. The molecular formula is C27H30N2O5. The number of ether oxygens (including phenoxy) is 2. The first-order valence-electron chi connectivity index (χ1n) is 11.7. The molecule has 0 unspecified atom stereocenters. The van der Waals surface area contributed by atoms with Gasteiger partial charge in [0.2, 0.25) is 0 Å². The van der Waals surface area contributed by atoms with Crippen LogP contribution in [0.5, 0.6) is 5.75 Å². The molecular weight excluding hydrogens is 432 g/mol. The number of para-hydroxylation sites is 1. The number of carboxylic acid groups (broad SMARTS) is 1. The molecule has 0 radical (unpaired) electrons. The molecule has 1 aromatic heterocycles. The number of carboxylic acids is 1. The van der Waals surface area contributed by atoms with Gasteiger partial charge in [0.05, 0.1) is 19.4 Å². The van der Waals surface area contributed by atoms with Crippen LogP contribution in [0.1, 0.15) is 25.7 Å². The quantitative estimate of drug-likeness (QED) is 0.504. The second-order valence-corrected chi connectivity index (χ2v) is 8.79. The van der Waals surface area contributed by atoms with Crippen molar-refractivity contribution >= 4 is 5.97 Å². The first-order valence-corrected chi connectivity index (χ1v) is 11.7. The number of hydrogen-bond acceptors (Lipinski definition) is 5. The number of aliphatic carboxylic acids is 1. The van der Waals surface area contributed by atoms with Crippen LogP contribution < -0.4 is 10.3 Å². The Morgan fingerprint density at radius 1 is 1.00 bits per heavy atom. The molecule has 1 aliphatic carbocycles. The van der Waals surface area contributed by atoms with Gasteiger partial charge in [-0.15, -0.1) is 0 Å². The van der Waals surface area contributed by atoms with E-state index >= 15 is 0 Å². The third kappa shape index (κ3) is 5.72. The van der Waals surface area contributed by atoms with E-state index in [2.05, 4.69) is 0 Å². The average molecular weight is 463 g/mol. The van der Waals surface area contributed by atoms with Crippen molar-refractivity contribution in [3.8, 4) is 28.1 Å². The van der Waals surface area contributed by atoms with Crippen LogP contribution in [0.3, 0.4) is 0 Å². The summed E-state index contributed by atoms with van der Waals surface area (Å²) in [5.41, 5.74) is 3.15. The Hall–Kier alpha value is -3.45. The van der Waals surface area contributed by atoms with E-state index < -0.39 is 5.97 Å². The molecule has 1 heterocycles. The highest BCUT2D eigenvalue weighted by atomic mass is 16.5. The van der Waals surface area contributed by atoms with Gasteiger partial charge in [0, 0.05) is 29.3 Å². The van der Waals surface area contributed by atoms with Crippen molar-refractivity contribution in [2.75, 3.05) is 20.3 Å². The Balaban J connectivity index is 1.57. The second kappa shape index (κ2) is 11.1. The van der Waals surface area contributed by atoms with Crippen LogP contribution in [0.2, 0.25) is 0 Å². The SMILES string of the molecule is COc1ccccc1-c1cc(=O)n(CC2CCC(COCC(=O)O)CC2)nc1-c1ccccc1. The normalized spacial score (nSPS) is 17.9. The summed E-state index contributed by atoms with van der Waals surface area (Å²) in [6, 6.07) is 19.2. The third-order valence-corrected chi connectivity index (χ3v) is 6.42. The van der Waals surface area contributed by atoms with Gasteiger partial charge in [0.1, 0.15) is 12.4 Å². The van der Waals surface area contributed by atoms with E-state index in [0.717, 1.165) is 48.1 Å². The highest BCUT2D eigenvalue weighted by molar-refractivity contribution is 5.83. The van der Waals surface area contributed by atoms with E-state index in [0.29, 0.717) is 30.7 Å². The van der Waals surface area contributed by atoms with Crippen molar-refractivity contribution in [3.05, 3.63) is 71.0 Å². The van der Waals surface area contributed by atoms with Gasteiger partial charge in [-0.1, -0.05) is 48.5 Å². The maximum Gasteiger partial charge on any atom is 0.329 e. The smallest absolute Gasteiger partial charge is 0.329 e. The van der Waals surface area contributed by atoms with E-state index in [1.807, 2.05) is 54.6 Å². The van der Waals surface area contributed by atoms with Gasteiger partial charge in [0.25, 0.3) is 5.56 Å². The van der Waals surface area contributed by atoms with Crippen LogP contribution >= 0.6 is 0 Å². The predicted octanol–water partition coefficient (Wildman–Crippen LogP) is 4.49. The molecule has 34 heavy (non-hydrogen) atoms. The van der Waals surface area contributed by atoms with E-state index in [1.165, 1.54) is 0 Å². The monoisotopic (exact) mass is 462 g/mol. The Morgan fingerprint density at radius 2 is 1.68 bits per heavy atom. The predicted molar refractivity (Wildman–Crippen MR) is 130 cm³/mol. The summed E-state index contributed by atoms with van der Waals surface area (Å²) in [7, 11) is 1.62. The Bertz CT molecular complexity index is 1170. The molecule has 0 saturated heterocycles. The van der Waals surface area contributed by atoms with Gasteiger partial charge in [-0.3, -0.25) is 4.79 Å². The Morgan fingerprint density at radius 3 is 2.38 bits per heavy atom. The molecule has 2 aromatic carbocycles. The molecule has 7 heteroatoms. The Kier molecular flexibility index (Phi) is 7.75. The molecule has 1 aliphatic rings. The summed E-state index contributed by atoms with van der Waals surface area (Å²) in [5.74, 6) is 0.474.